The van der Waals surface area contributed by atoms with E-state index in [2.05, 4.69) is 37.5 Å². The molecule has 196 valence electrons. The summed E-state index contributed by atoms with van der Waals surface area (Å²) in [5.41, 5.74) is 0.0175. The van der Waals surface area contributed by atoms with Gasteiger partial charge >= 0.3 is 0 Å². The van der Waals surface area contributed by atoms with Crippen molar-refractivity contribution in [3.8, 4) is 0 Å². The molecule has 12 heteroatoms. The standard InChI is InChI=1S/C25H30ClFN8O2/c1-3-33-8-10-34(11-9-33)23-14-21(29-22-12-16(2)37-32-22)30-25(31-23)28-18-6-7-35(15-18)24(36)19-5-4-17(26)13-20(19)27/h4-5,12-14,18H,3,6-11,15H2,1-2H3,(H2,28,29,30,31,32)/t18-/m0/s1. The summed E-state index contributed by atoms with van der Waals surface area (Å²) in [5, 5.41) is 10.8. The molecule has 0 spiro atoms. The summed E-state index contributed by atoms with van der Waals surface area (Å²) in [7, 11) is 0. The van der Waals surface area contributed by atoms with Gasteiger partial charge in [-0.15, -0.1) is 0 Å². The highest BCUT2D eigenvalue weighted by Gasteiger charge is 2.29. The number of likely N-dealkylation sites (tertiary alicyclic amines) is 1. The summed E-state index contributed by atoms with van der Waals surface area (Å²) in [6, 6.07) is 7.73. The maximum Gasteiger partial charge on any atom is 0.256 e. The van der Waals surface area contributed by atoms with Crippen LogP contribution in [0.3, 0.4) is 0 Å². The van der Waals surface area contributed by atoms with Crippen LogP contribution in [0.25, 0.3) is 0 Å². The van der Waals surface area contributed by atoms with Crippen LogP contribution in [0.5, 0.6) is 0 Å². The third-order valence-electron chi connectivity index (χ3n) is 6.71. The lowest BCUT2D eigenvalue weighted by Gasteiger charge is -2.35. The van der Waals surface area contributed by atoms with E-state index in [9.17, 15) is 9.18 Å². The summed E-state index contributed by atoms with van der Waals surface area (Å²) in [6.07, 6.45) is 0.689. The van der Waals surface area contributed by atoms with E-state index < -0.39 is 5.82 Å². The number of carbonyl (C=O) groups excluding carboxylic acids is 1. The predicted molar refractivity (Wildman–Crippen MR) is 140 cm³/mol. The maximum atomic E-state index is 14.3. The molecule has 0 bridgehead atoms. The van der Waals surface area contributed by atoms with Crippen LogP contribution < -0.4 is 15.5 Å². The van der Waals surface area contributed by atoms with Crippen LogP contribution in [0.4, 0.5) is 27.8 Å². The average Bonchev–Trinajstić information content (AvgIpc) is 3.52. The van der Waals surface area contributed by atoms with E-state index in [0.717, 1.165) is 44.6 Å². The first-order valence-corrected chi connectivity index (χ1v) is 12.8. The number of amides is 1. The molecule has 1 atom stereocenters. The van der Waals surface area contributed by atoms with E-state index in [0.29, 0.717) is 42.9 Å². The lowest BCUT2D eigenvalue weighted by molar-refractivity contribution is 0.0787. The Balaban J connectivity index is 1.31. The quantitative estimate of drug-likeness (QED) is 0.474. The first-order chi connectivity index (χ1) is 17.9. The Morgan fingerprint density at radius 2 is 1.95 bits per heavy atom. The molecule has 1 amide bonds. The number of aryl methyl sites for hydroxylation is 1. The summed E-state index contributed by atoms with van der Waals surface area (Å²) < 4.78 is 19.5. The number of nitrogens with one attached hydrogen (secondary N) is 2. The van der Waals surface area contributed by atoms with Crippen LogP contribution in [0.2, 0.25) is 5.02 Å². The predicted octanol–water partition coefficient (Wildman–Crippen LogP) is 3.78. The maximum absolute atomic E-state index is 14.3. The van der Waals surface area contributed by atoms with Gasteiger partial charge in [0.1, 0.15) is 23.2 Å². The first kappa shape index (κ1) is 25.2. The molecule has 2 N–H and O–H groups in total. The number of rotatable bonds is 7. The summed E-state index contributed by atoms with van der Waals surface area (Å²) in [6.45, 7) is 9.60. The van der Waals surface area contributed by atoms with E-state index in [4.69, 9.17) is 21.1 Å². The van der Waals surface area contributed by atoms with E-state index in [1.165, 1.54) is 12.1 Å². The van der Waals surface area contributed by atoms with Crippen molar-refractivity contribution in [3.05, 3.63) is 52.5 Å². The molecule has 0 radical (unpaired) electrons. The Labute approximate surface area is 219 Å². The molecule has 4 heterocycles. The highest BCUT2D eigenvalue weighted by molar-refractivity contribution is 6.30. The number of likely N-dealkylation sites (N-methyl/N-ethyl adjacent to an activating group) is 1. The summed E-state index contributed by atoms with van der Waals surface area (Å²) in [5.74, 6) is 2.14. The van der Waals surface area contributed by atoms with Gasteiger partial charge < -0.3 is 29.9 Å². The number of anilines is 4. The highest BCUT2D eigenvalue weighted by atomic mass is 35.5. The molecule has 10 nitrogen and oxygen atoms in total. The third-order valence-corrected chi connectivity index (χ3v) is 6.95. The Kier molecular flexibility index (Phi) is 7.43. The zero-order chi connectivity index (χ0) is 25.9. The molecule has 5 rings (SSSR count). The Hall–Kier alpha value is -3.44. The fourth-order valence-electron chi connectivity index (χ4n) is 4.65. The second kappa shape index (κ2) is 10.9. The number of aromatic nitrogens is 3. The zero-order valence-corrected chi connectivity index (χ0v) is 21.6. The van der Waals surface area contributed by atoms with Crippen LogP contribution >= 0.6 is 11.6 Å². The molecule has 2 fully saturated rings. The van der Waals surface area contributed by atoms with Crippen LogP contribution in [-0.4, -0.2) is 82.7 Å². The van der Waals surface area contributed by atoms with Gasteiger partial charge in [-0.05, 0) is 38.1 Å². The number of carbonyl (C=O) groups is 1. The monoisotopic (exact) mass is 528 g/mol. The van der Waals surface area contributed by atoms with Crippen molar-refractivity contribution in [2.75, 3.05) is 61.3 Å². The minimum atomic E-state index is -0.619. The number of piperazine rings is 1. The summed E-state index contributed by atoms with van der Waals surface area (Å²) in [4.78, 5) is 28.6. The van der Waals surface area contributed by atoms with Gasteiger partial charge in [0.15, 0.2) is 5.82 Å². The highest BCUT2D eigenvalue weighted by Crippen LogP contribution is 2.25. The second-order valence-electron chi connectivity index (χ2n) is 9.31. The number of benzene rings is 1. The normalized spacial score (nSPS) is 18.3. The fraction of sp³-hybridized carbons (Fsp3) is 0.440. The molecule has 1 aromatic carbocycles. The van der Waals surface area contributed by atoms with Crippen molar-refractivity contribution in [2.24, 2.45) is 0 Å². The smallest absolute Gasteiger partial charge is 0.256 e. The van der Waals surface area contributed by atoms with E-state index >= 15 is 0 Å². The Morgan fingerprint density at radius 3 is 2.65 bits per heavy atom. The van der Waals surface area contributed by atoms with Crippen LogP contribution in [0.15, 0.2) is 34.9 Å². The van der Waals surface area contributed by atoms with Gasteiger partial charge in [0, 0.05) is 62.5 Å². The molecule has 2 aliphatic heterocycles. The van der Waals surface area contributed by atoms with Crippen LogP contribution in [0.1, 0.15) is 29.5 Å². The molecule has 2 aromatic heterocycles. The largest absolute Gasteiger partial charge is 0.360 e. The number of halogens is 2. The average molecular weight is 529 g/mol. The molecule has 0 saturated carbocycles. The molecular weight excluding hydrogens is 499 g/mol. The van der Waals surface area contributed by atoms with Crippen molar-refractivity contribution in [1.29, 1.82) is 0 Å². The van der Waals surface area contributed by atoms with Gasteiger partial charge in [-0.1, -0.05) is 23.7 Å². The summed E-state index contributed by atoms with van der Waals surface area (Å²) >= 11 is 5.83. The van der Waals surface area contributed by atoms with Crippen molar-refractivity contribution < 1.29 is 13.7 Å². The molecule has 0 aliphatic carbocycles. The number of nitrogens with zero attached hydrogens (tertiary/aromatic N) is 6. The van der Waals surface area contributed by atoms with Gasteiger partial charge in [-0.25, -0.2) is 4.39 Å². The minimum Gasteiger partial charge on any atom is -0.360 e. The molecular formula is C25H30ClFN8O2. The van der Waals surface area contributed by atoms with E-state index in [1.54, 1.807) is 11.0 Å². The van der Waals surface area contributed by atoms with Gasteiger partial charge in [0.25, 0.3) is 5.91 Å². The van der Waals surface area contributed by atoms with Crippen molar-refractivity contribution in [3.63, 3.8) is 0 Å². The van der Waals surface area contributed by atoms with E-state index in [1.807, 2.05) is 13.0 Å². The zero-order valence-electron chi connectivity index (χ0n) is 20.9. The molecule has 37 heavy (non-hydrogen) atoms. The Morgan fingerprint density at radius 1 is 1.14 bits per heavy atom. The van der Waals surface area contributed by atoms with Crippen molar-refractivity contribution in [1.82, 2.24) is 24.9 Å². The Bertz CT molecular complexity index is 1260. The van der Waals surface area contributed by atoms with Crippen molar-refractivity contribution in [2.45, 2.75) is 26.3 Å². The fourth-order valence-corrected chi connectivity index (χ4v) is 4.81. The lowest BCUT2D eigenvalue weighted by atomic mass is 10.2. The van der Waals surface area contributed by atoms with Gasteiger partial charge in [-0.2, -0.15) is 9.97 Å². The minimum absolute atomic E-state index is 0.0175. The number of hydrogen-bond acceptors (Lipinski definition) is 9. The van der Waals surface area contributed by atoms with Gasteiger partial charge in [-0.3, -0.25) is 4.79 Å². The molecule has 2 saturated heterocycles. The number of hydrogen-bond donors (Lipinski definition) is 2. The van der Waals surface area contributed by atoms with Gasteiger partial charge in [0.05, 0.1) is 5.56 Å². The topological polar surface area (TPSA) is 103 Å². The lowest BCUT2D eigenvalue weighted by Crippen LogP contribution is -2.46. The van der Waals surface area contributed by atoms with Crippen molar-refractivity contribution >= 4 is 40.9 Å². The molecule has 2 aliphatic rings. The molecule has 0 unspecified atom stereocenters. The first-order valence-electron chi connectivity index (χ1n) is 12.5. The second-order valence-corrected chi connectivity index (χ2v) is 9.75. The van der Waals surface area contributed by atoms with E-state index in [-0.39, 0.29) is 22.5 Å². The van der Waals surface area contributed by atoms with Crippen LogP contribution in [-0.2, 0) is 0 Å². The molecule has 3 aromatic rings. The third kappa shape index (κ3) is 5.94. The van der Waals surface area contributed by atoms with Gasteiger partial charge in [0.2, 0.25) is 5.95 Å². The SMILES string of the molecule is CCN1CCN(c2cc(Nc3cc(C)on3)nc(N[C@H]3CCN(C(=O)c4ccc(Cl)cc4F)C3)n2)CC1. The van der Waals surface area contributed by atoms with Crippen LogP contribution in [0, 0.1) is 12.7 Å².